The van der Waals surface area contributed by atoms with Gasteiger partial charge in [-0.3, -0.25) is 0 Å². The molecule has 0 aliphatic heterocycles. The van der Waals surface area contributed by atoms with Crippen molar-refractivity contribution in [3.63, 3.8) is 0 Å². The van der Waals surface area contributed by atoms with Crippen LogP contribution >= 0.6 is 15.9 Å². The normalized spacial score (nSPS) is 13.0. The highest BCUT2D eigenvalue weighted by Gasteiger charge is 2.12. The van der Waals surface area contributed by atoms with E-state index in [0.717, 1.165) is 18.7 Å². The van der Waals surface area contributed by atoms with E-state index in [1.54, 1.807) is 12.1 Å². The summed E-state index contributed by atoms with van der Waals surface area (Å²) in [5, 5.41) is 3.45. The summed E-state index contributed by atoms with van der Waals surface area (Å²) < 4.78 is 19.1. The summed E-state index contributed by atoms with van der Waals surface area (Å²) in [7, 11) is 0. The lowest BCUT2D eigenvalue weighted by molar-refractivity contribution is 0.108. The van der Waals surface area contributed by atoms with Crippen LogP contribution in [-0.2, 0) is 11.3 Å². The number of benzene rings is 1. The van der Waals surface area contributed by atoms with Crippen molar-refractivity contribution in [1.29, 1.82) is 0 Å². The smallest absolute Gasteiger partial charge is 0.137 e. The Labute approximate surface area is 117 Å². The standard InChI is InChI=1S/C14H21BrFNO/c1-4-18-9-14(10(2)3)17-8-11-5-6-13(16)12(15)7-11/h5-7,10,14,17H,4,8-9H2,1-3H3. The maximum atomic E-state index is 13.1. The monoisotopic (exact) mass is 317 g/mol. The summed E-state index contributed by atoms with van der Waals surface area (Å²) in [6, 6.07) is 5.40. The first-order valence-corrected chi connectivity index (χ1v) is 7.09. The molecule has 1 aromatic carbocycles. The zero-order valence-corrected chi connectivity index (χ0v) is 12.8. The fraction of sp³-hybridized carbons (Fsp3) is 0.571. The van der Waals surface area contributed by atoms with E-state index in [9.17, 15) is 4.39 Å². The number of rotatable bonds is 7. The molecular formula is C14H21BrFNO. The van der Waals surface area contributed by atoms with E-state index in [2.05, 4.69) is 35.1 Å². The molecule has 0 bridgehead atoms. The fourth-order valence-electron chi connectivity index (χ4n) is 1.63. The van der Waals surface area contributed by atoms with Crippen molar-refractivity contribution in [1.82, 2.24) is 5.32 Å². The quantitative estimate of drug-likeness (QED) is 0.827. The largest absolute Gasteiger partial charge is 0.380 e. The van der Waals surface area contributed by atoms with Crippen LogP contribution in [0.3, 0.4) is 0 Å². The van der Waals surface area contributed by atoms with E-state index in [1.807, 2.05) is 6.92 Å². The molecule has 0 spiro atoms. The molecule has 0 radical (unpaired) electrons. The third-order valence-corrected chi connectivity index (χ3v) is 3.47. The van der Waals surface area contributed by atoms with Gasteiger partial charge >= 0.3 is 0 Å². The Morgan fingerprint density at radius 2 is 2.11 bits per heavy atom. The molecule has 2 nitrogen and oxygen atoms in total. The Balaban J connectivity index is 2.52. The summed E-state index contributed by atoms with van der Waals surface area (Å²) >= 11 is 3.20. The van der Waals surface area contributed by atoms with Gasteiger partial charge in [-0.05, 0) is 46.5 Å². The van der Waals surface area contributed by atoms with Gasteiger partial charge in [-0.25, -0.2) is 4.39 Å². The van der Waals surface area contributed by atoms with Crippen molar-refractivity contribution in [2.45, 2.75) is 33.4 Å². The molecule has 1 aromatic rings. The second-order valence-electron chi connectivity index (χ2n) is 4.64. The van der Waals surface area contributed by atoms with Crippen LogP contribution in [0.15, 0.2) is 22.7 Å². The van der Waals surface area contributed by atoms with E-state index >= 15 is 0 Å². The molecule has 0 aromatic heterocycles. The minimum atomic E-state index is -0.228. The number of nitrogens with one attached hydrogen (secondary N) is 1. The van der Waals surface area contributed by atoms with E-state index in [4.69, 9.17) is 4.74 Å². The number of hydrogen-bond acceptors (Lipinski definition) is 2. The van der Waals surface area contributed by atoms with E-state index in [0.29, 0.717) is 23.0 Å². The molecule has 1 N–H and O–H groups in total. The summed E-state index contributed by atoms with van der Waals surface area (Å²) in [6.45, 7) is 8.47. The maximum absolute atomic E-state index is 13.1. The Morgan fingerprint density at radius 1 is 1.39 bits per heavy atom. The lowest BCUT2D eigenvalue weighted by atomic mass is 10.0. The molecule has 0 heterocycles. The van der Waals surface area contributed by atoms with Crippen LogP contribution in [0, 0.1) is 11.7 Å². The topological polar surface area (TPSA) is 21.3 Å². The van der Waals surface area contributed by atoms with E-state index < -0.39 is 0 Å². The van der Waals surface area contributed by atoms with Gasteiger partial charge in [-0.15, -0.1) is 0 Å². The van der Waals surface area contributed by atoms with Gasteiger partial charge in [-0.1, -0.05) is 19.9 Å². The molecule has 1 atom stereocenters. The molecule has 18 heavy (non-hydrogen) atoms. The number of halogens is 2. The summed E-state index contributed by atoms with van der Waals surface area (Å²) in [6.07, 6.45) is 0. The summed E-state index contributed by atoms with van der Waals surface area (Å²) in [5.41, 5.74) is 1.06. The SMILES string of the molecule is CCOCC(NCc1ccc(F)c(Br)c1)C(C)C. The van der Waals surface area contributed by atoms with Gasteiger partial charge in [0.25, 0.3) is 0 Å². The van der Waals surface area contributed by atoms with Crippen LogP contribution in [0.2, 0.25) is 0 Å². The lowest BCUT2D eigenvalue weighted by Crippen LogP contribution is -2.37. The van der Waals surface area contributed by atoms with Crippen LogP contribution in [0.25, 0.3) is 0 Å². The molecule has 0 amide bonds. The van der Waals surface area contributed by atoms with Crippen molar-refractivity contribution >= 4 is 15.9 Å². The average molecular weight is 318 g/mol. The molecular weight excluding hydrogens is 297 g/mol. The predicted molar refractivity (Wildman–Crippen MR) is 76.1 cm³/mol. The molecule has 0 aliphatic rings. The lowest BCUT2D eigenvalue weighted by Gasteiger charge is -2.22. The highest BCUT2D eigenvalue weighted by molar-refractivity contribution is 9.10. The maximum Gasteiger partial charge on any atom is 0.137 e. The first-order chi connectivity index (χ1) is 8.54. The van der Waals surface area contributed by atoms with Crippen molar-refractivity contribution in [3.05, 3.63) is 34.1 Å². The molecule has 0 aliphatic carbocycles. The highest BCUT2D eigenvalue weighted by atomic mass is 79.9. The first kappa shape index (κ1) is 15.6. The van der Waals surface area contributed by atoms with Gasteiger partial charge in [-0.2, -0.15) is 0 Å². The van der Waals surface area contributed by atoms with Crippen LogP contribution in [0.4, 0.5) is 4.39 Å². The first-order valence-electron chi connectivity index (χ1n) is 6.29. The van der Waals surface area contributed by atoms with E-state index in [1.165, 1.54) is 6.07 Å². The van der Waals surface area contributed by atoms with Crippen molar-refractivity contribution in [3.8, 4) is 0 Å². The Bertz CT molecular complexity index is 371. The Hall–Kier alpha value is -0.450. The molecule has 0 fully saturated rings. The zero-order chi connectivity index (χ0) is 13.5. The van der Waals surface area contributed by atoms with Gasteiger partial charge in [0.1, 0.15) is 5.82 Å². The van der Waals surface area contributed by atoms with Crippen LogP contribution in [0.1, 0.15) is 26.3 Å². The molecule has 0 saturated carbocycles. The predicted octanol–water partition coefficient (Wildman–Crippen LogP) is 3.74. The second kappa shape index (κ2) is 7.87. The highest BCUT2D eigenvalue weighted by Crippen LogP contribution is 2.17. The average Bonchev–Trinajstić information content (AvgIpc) is 2.33. The van der Waals surface area contributed by atoms with Crippen LogP contribution in [-0.4, -0.2) is 19.3 Å². The fourth-order valence-corrected chi connectivity index (χ4v) is 2.06. The van der Waals surface area contributed by atoms with Crippen LogP contribution in [0.5, 0.6) is 0 Å². The van der Waals surface area contributed by atoms with E-state index in [-0.39, 0.29) is 5.82 Å². The molecule has 1 rings (SSSR count). The Morgan fingerprint density at radius 3 is 2.67 bits per heavy atom. The second-order valence-corrected chi connectivity index (χ2v) is 5.49. The zero-order valence-electron chi connectivity index (χ0n) is 11.2. The third-order valence-electron chi connectivity index (χ3n) is 2.86. The number of hydrogen-bond donors (Lipinski definition) is 1. The number of ether oxygens (including phenoxy) is 1. The van der Waals surface area contributed by atoms with Crippen molar-refractivity contribution < 1.29 is 9.13 Å². The summed E-state index contributed by atoms with van der Waals surface area (Å²) in [5.74, 6) is 0.272. The van der Waals surface area contributed by atoms with Gasteiger partial charge < -0.3 is 10.1 Å². The van der Waals surface area contributed by atoms with Gasteiger partial charge in [0, 0.05) is 19.2 Å². The molecule has 4 heteroatoms. The molecule has 102 valence electrons. The van der Waals surface area contributed by atoms with Crippen LogP contribution < -0.4 is 5.32 Å². The van der Waals surface area contributed by atoms with Gasteiger partial charge in [0.2, 0.25) is 0 Å². The summed E-state index contributed by atoms with van der Waals surface area (Å²) in [4.78, 5) is 0. The minimum Gasteiger partial charge on any atom is -0.380 e. The van der Waals surface area contributed by atoms with Gasteiger partial charge in [0.05, 0.1) is 11.1 Å². The molecule has 0 saturated heterocycles. The third kappa shape index (κ3) is 5.04. The minimum absolute atomic E-state index is 0.228. The van der Waals surface area contributed by atoms with Gasteiger partial charge in [0.15, 0.2) is 0 Å². The van der Waals surface area contributed by atoms with Crippen molar-refractivity contribution in [2.75, 3.05) is 13.2 Å². The Kier molecular flexibility index (Phi) is 6.82. The molecule has 1 unspecified atom stereocenters. The van der Waals surface area contributed by atoms with Crippen molar-refractivity contribution in [2.24, 2.45) is 5.92 Å².